The van der Waals surface area contributed by atoms with Gasteiger partial charge in [-0.15, -0.1) is 0 Å². The van der Waals surface area contributed by atoms with Crippen molar-refractivity contribution in [1.29, 1.82) is 0 Å². The highest BCUT2D eigenvalue weighted by Gasteiger charge is 2.22. The number of carbonyl (C=O) groups is 3. The highest BCUT2D eigenvalue weighted by molar-refractivity contribution is 7.90. The van der Waals surface area contributed by atoms with Crippen LogP contribution in [-0.2, 0) is 14.8 Å². The van der Waals surface area contributed by atoms with Crippen LogP contribution in [0.15, 0.2) is 47.5 Å². The lowest BCUT2D eigenvalue weighted by atomic mass is 10.1. The van der Waals surface area contributed by atoms with E-state index in [-0.39, 0.29) is 28.2 Å². The summed E-state index contributed by atoms with van der Waals surface area (Å²) in [6.45, 7) is 9.23. The number of pyridine rings is 1. The van der Waals surface area contributed by atoms with Gasteiger partial charge in [0.1, 0.15) is 11.8 Å². The monoisotopic (exact) mass is 531 g/mol. The maximum absolute atomic E-state index is 12.9. The largest absolute Gasteiger partial charge is 0.458 e. The second-order valence-electron chi connectivity index (χ2n) is 8.73. The van der Waals surface area contributed by atoms with E-state index in [2.05, 4.69) is 18.8 Å². The van der Waals surface area contributed by atoms with E-state index in [1.807, 2.05) is 18.6 Å². The summed E-state index contributed by atoms with van der Waals surface area (Å²) in [4.78, 5) is 43.2. The van der Waals surface area contributed by atoms with Gasteiger partial charge in [0.15, 0.2) is 0 Å². The molecule has 1 aromatic carbocycles. The number of esters is 1. The number of carbonyl (C=O) groups excluding carboxylic acids is 3. The molecule has 10 heteroatoms. The predicted octanol–water partition coefficient (Wildman–Crippen LogP) is 4.59. The van der Waals surface area contributed by atoms with E-state index in [1.54, 1.807) is 4.90 Å². The Hall–Kier alpha value is -3.27. The molecule has 2 amide bonds. The molecule has 0 unspecified atom stereocenters. The van der Waals surface area contributed by atoms with Crippen molar-refractivity contribution in [1.82, 2.24) is 14.6 Å². The highest BCUT2D eigenvalue weighted by Crippen LogP contribution is 2.15. The number of nitrogens with zero attached hydrogens (tertiary/aromatic N) is 2. The van der Waals surface area contributed by atoms with Gasteiger partial charge in [0.2, 0.25) is 0 Å². The van der Waals surface area contributed by atoms with Gasteiger partial charge in [-0.1, -0.05) is 40.5 Å². The number of hydrogen-bond acceptors (Lipinski definition) is 7. The molecule has 0 radical (unpaired) electrons. The molecule has 0 atom stereocenters. The number of aromatic nitrogens is 1. The number of amides is 2. The lowest BCUT2D eigenvalue weighted by Crippen LogP contribution is -2.33. The van der Waals surface area contributed by atoms with E-state index in [0.717, 1.165) is 31.9 Å². The van der Waals surface area contributed by atoms with E-state index in [1.165, 1.54) is 36.4 Å². The second kappa shape index (κ2) is 14.5. The van der Waals surface area contributed by atoms with Gasteiger partial charge in [-0.05, 0) is 62.1 Å². The number of rotatable bonds is 14. The standard InChI is InChI=1S/C27H37N3O6S/c1-5-9-17-30(18-10-6-2)26(32)20-11-14-23(15-12-20)37(34,35)29-25(31)21-13-16-24(28-19-21)27(33)36-22(7-3)8-4/h11-16,19,22H,5-10,17-18H2,1-4H3,(H,29,31). The molecule has 0 aliphatic heterocycles. The Bertz CT molecular complexity index is 1140. The Morgan fingerprint density at radius 3 is 1.95 bits per heavy atom. The summed E-state index contributed by atoms with van der Waals surface area (Å²) in [5.41, 5.74) is 0.382. The van der Waals surface area contributed by atoms with Gasteiger partial charge in [-0.25, -0.2) is 22.9 Å². The van der Waals surface area contributed by atoms with Crippen molar-refractivity contribution < 1.29 is 27.5 Å². The van der Waals surface area contributed by atoms with Crippen molar-refractivity contribution in [2.45, 2.75) is 77.2 Å². The highest BCUT2D eigenvalue weighted by atomic mass is 32.2. The first-order valence-electron chi connectivity index (χ1n) is 12.8. The molecule has 0 spiro atoms. The minimum Gasteiger partial charge on any atom is -0.458 e. The zero-order valence-electron chi connectivity index (χ0n) is 22.0. The van der Waals surface area contributed by atoms with Crippen molar-refractivity contribution in [3.05, 3.63) is 59.4 Å². The number of benzene rings is 1. The third-order valence-corrected chi connectivity index (χ3v) is 7.26. The quantitative estimate of drug-likeness (QED) is 0.354. The minimum atomic E-state index is -4.19. The fraction of sp³-hybridized carbons (Fsp3) is 0.481. The minimum absolute atomic E-state index is 0.0264. The zero-order chi connectivity index (χ0) is 27.4. The van der Waals surface area contributed by atoms with Gasteiger partial charge < -0.3 is 9.64 Å². The first-order chi connectivity index (χ1) is 17.7. The molecule has 0 fully saturated rings. The Kier molecular flexibility index (Phi) is 11.7. The van der Waals surface area contributed by atoms with Crippen molar-refractivity contribution in [3.63, 3.8) is 0 Å². The molecule has 0 aliphatic carbocycles. The summed E-state index contributed by atoms with van der Waals surface area (Å²) >= 11 is 0. The maximum Gasteiger partial charge on any atom is 0.357 e. The SMILES string of the molecule is CCCCN(CCCC)C(=O)c1ccc(S(=O)(=O)NC(=O)c2ccc(C(=O)OC(CC)CC)nc2)cc1. The Morgan fingerprint density at radius 1 is 0.892 bits per heavy atom. The van der Waals surface area contributed by atoms with Gasteiger partial charge in [0, 0.05) is 24.8 Å². The van der Waals surface area contributed by atoms with E-state index in [9.17, 15) is 22.8 Å². The molecule has 0 bridgehead atoms. The maximum atomic E-state index is 12.9. The van der Waals surface area contributed by atoms with Crippen LogP contribution in [0.4, 0.5) is 0 Å². The average molecular weight is 532 g/mol. The van der Waals surface area contributed by atoms with Crippen LogP contribution in [-0.4, -0.2) is 55.3 Å². The van der Waals surface area contributed by atoms with Gasteiger partial charge in [-0.2, -0.15) is 0 Å². The number of unbranched alkanes of at least 4 members (excludes halogenated alkanes) is 2. The summed E-state index contributed by atoms with van der Waals surface area (Å²) in [5, 5.41) is 0. The molecular weight excluding hydrogens is 494 g/mol. The topological polar surface area (TPSA) is 123 Å². The summed E-state index contributed by atoms with van der Waals surface area (Å²) < 4.78 is 32.8. The number of ether oxygens (including phenoxy) is 1. The van der Waals surface area contributed by atoms with Crippen molar-refractivity contribution >= 4 is 27.8 Å². The lowest BCUT2D eigenvalue weighted by molar-refractivity contribution is 0.0277. The van der Waals surface area contributed by atoms with Gasteiger partial charge >= 0.3 is 5.97 Å². The molecule has 0 saturated carbocycles. The van der Waals surface area contributed by atoms with Crippen LogP contribution in [0, 0.1) is 0 Å². The van der Waals surface area contributed by atoms with E-state index < -0.39 is 21.9 Å². The van der Waals surface area contributed by atoms with Crippen LogP contribution < -0.4 is 4.72 Å². The molecule has 2 rings (SSSR count). The molecular formula is C27H37N3O6S. The van der Waals surface area contributed by atoms with Gasteiger partial charge in [-0.3, -0.25) is 9.59 Å². The van der Waals surface area contributed by atoms with Crippen LogP contribution in [0.1, 0.15) is 97.4 Å². The summed E-state index contributed by atoms with van der Waals surface area (Å²) in [6, 6.07) is 8.13. The summed E-state index contributed by atoms with van der Waals surface area (Å²) in [5.74, 6) is -1.65. The van der Waals surface area contributed by atoms with Crippen molar-refractivity contribution in [2.24, 2.45) is 0 Å². The Balaban J connectivity index is 2.08. The summed E-state index contributed by atoms with van der Waals surface area (Å²) in [6.07, 6.45) is 5.96. The number of nitrogens with one attached hydrogen (secondary N) is 1. The third kappa shape index (κ3) is 8.66. The lowest BCUT2D eigenvalue weighted by Gasteiger charge is -2.22. The fourth-order valence-electron chi connectivity index (χ4n) is 3.53. The smallest absolute Gasteiger partial charge is 0.357 e. The van der Waals surface area contributed by atoms with Crippen LogP contribution >= 0.6 is 0 Å². The summed E-state index contributed by atoms with van der Waals surface area (Å²) in [7, 11) is -4.19. The molecule has 37 heavy (non-hydrogen) atoms. The van der Waals surface area contributed by atoms with Crippen LogP contribution in [0.2, 0.25) is 0 Å². The van der Waals surface area contributed by atoms with Crippen molar-refractivity contribution in [3.8, 4) is 0 Å². The second-order valence-corrected chi connectivity index (χ2v) is 10.4. The van der Waals surface area contributed by atoms with Gasteiger partial charge in [0.05, 0.1) is 10.5 Å². The molecule has 0 saturated heterocycles. The molecule has 0 aliphatic rings. The van der Waals surface area contributed by atoms with Crippen LogP contribution in [0.25, 0.3) is 0 Å². The van der Waals surface area contributed by atoms with Crippen molar-refractivity contribution in [2.75, 3.05) is 13.1 Å². The number of sulfonamides is 1. The first kappa shape index (κ1) is 30.0. The third-order valence-electron chi connectivity index (χ3n) is 5.91. The van der Waals surface area contributed by atoms with Crippen LogP contribution in [0.5, 0.6) is 0 Å². The Labute approximate surface area is 219 Å². The molecule has 202 valence electrons. The zero-order valence-corrected chi connectivity index (χ0v) is 22.8. The average Bonchev–Trinajstić information content (AvgIpc) is 2.91. The fourth-order valence-corrected chi connectivity index (χ4v) is 4.50. The normalized spacial score (nSPS) is 11.3. The van der Waals surface area contributed by atoms with Crippen LogP contribution in [0.3, 0.4) is 0 Å². The first-order valence-corrected chi connectivity index (χ1v) is 14.3. The Morgan fingerprint density at radius 2 is 1.46 bits per heavy atom. The number of hydrogen-bond donors (Lipinski definition) is 1. The molecule has 1 N–H and O–H groups in total. The van der Waals surface area contributed by atoms with E-state index >= 15 is 0 Å². The predicted molar refractivity (Wildman–Crippen MR) is 141 cm³/mol. The molecule has 2 aromatic rings. The van der Waals surface area contributed by atoms with Gasteiger partial charge in [0.25, 0.3) is 21.8 Å². The molecule has 1 aromatic heterocycles. The molecule has 1 heterocycles. The van der Waals surface area contributed by atoms with E-state index in [0.29, 0.717) is 31.5 Å². The van der Waals surface area contributed by atoms with E-state index in [4.69, 9.17) is 4.74 Å². The molecule has 9 nitrogen and oxygen atoms in total.